The zero-order valence-electron chi connectivity index (χ0n) is 18.1. The van der Waals surface area contributed by atoms with E-state index < -0.39 is 7.12 Å². The lowest BCUT2D eigenvalue weighted by molar-refractivity contribution is -0.0279. The van der Waals surface area contributed by atoms with Gasteiger partial charge in [-0.05, 0) is 55.6 Å². The van der Waals surface area contributed by atoms with E-state index in [-0.39, 0.29) is 16.8 Å². The third-order valence-electron chi connectivity index (χ3n) is 5.70. The number of hydrogen-bond donors (Lipinski definition) is 0. The molecular formula is C20H34BN3O3. The fourth-order valence-corrected chi connectivity index (χ4v) is 3.57. The zero-order chi connectivity index (χ0) is 20.0. The Hall–Kier alpha value is -1.15. The second-order valence-corrected chi connectivity index (χ2v) is 9.61. The molecule has 0 spiro atoms. The normalized spacial score (nSPS) is 23.9. The molecular weight excluding hydrogens is 341 g/mol. The fourth-order valence-electron chi connectivity index (χ4n) is 3.57. The average molecular weight is 375 g/mol. The summed E-state index contributed by atoms with van der Waals surface area (Å²) in [5.74, 6) is 1.03. The van der Waals surface area contributed by atoms with Crippen molar-refractivity contribution in [2.24, 2.45) is 0 Å². The monoisotopic (exact) mass is 375 g/mol. The van der Waals surface area contributed by atoms with E-state index in [2.05, 4.69) is 71.5 Å². The highest BCUT2D eigenvalue weighted by molar-refractivity contribution is 6.62. The smallest absolute Gasteiger partial charge is 0.399 e. The molecule has 3 rings (SSSR count). The van der Waals surface area contributed by atoms with Crippen molar-refractivity contribution in [2.75, 3.05) is 38.7 Å². The first-order chi connectivity index (χ1) is 12.4. The predicted octanol–water partition coefficient (Wildman–Crippen LogP) is 2.06. The molecule has 2 aliphatic rings. The van der Waals surface area contributed by atoms with E-state index in [1.165, 1.54) is 5.56 Å². The first kappa shape index (κ1) is 20.6. The summed E-state index contributed by atoms with van der Waals surface area (Å²) in [7, 11) is 3.77. The number of nitrogens with zero attached hydrogens (tertiary/aromatic N) is 3. The Morgan fingerprint density at radius 3 is 2.30 bits per heavy atom. The Balaban J connectivity index is 1.91. The van der Waals surface area contributed by atoms with Crippen LogP contribution in [0.3, 0.4) is 0 Å². The molecule has 2 aliphatic heterocycles. The summed E-state index contributed by atoms with van der Waals surface area (Å²) >= 11 is 0. The highest BCUT2D eigenvalue weighted by atomic mass is 16.7. The predicted molar refractivity (Wildman–Crippen MR) is 110 cm³/mol. The van der Waals surface area contributed by atoms with Crippen LogP contribution in [0.25, 0.3) is 0 Å². The maximum atomic E-state index is 6.22. The van der Waals surface area contributed by atoms with Crippen molar-refractivity contribution in [1.82, 2.24) is 9.88 Å². The second kappa shape index (κ2) is 7.03. The van der Waals surface area contributed by atoms with Gasteiger partial charge in [-0.2, -0.15) is 0 Å². The molecule has 0 unspecified atom stereocenters. The largest absolute Gasteiger partial charge is 0.496 e. The molecule has 2 fully saturated rings. The van der Waals surface area contributed by atoms with Crippen LogP contribution in [0.4, 0.5) is 5.82 Å². The molecule has 0 radical (unpaired) electrons. The summed E-state index contributed by atoms with van der Waals surface area (Å²) < 4.78 is 18.3. The van der Waals surface area contributed by atoms with Crippen molar-refractivity contribution in [3.05, 3.63) is 17.8 Å². The van der Waals surface area contributed by atoms with E-state index in [0.717, 1.165) is 37.5 Å². The van der Waals surface area contributed by atoms with Gasteiger partial charge in [0, 0.05) is 36.9 Å². The Morgan fingerprint density at radius 2 is 1.74 bits per heavy atom. The Bertz CT molecular complexity index is 675. The molecule has 0 saturated carbocycles. The Labute approximate surface area is 164 Å². The molecule has 0 aliphatic carbocycles. The van der Waals surface area contributed by atoms with Crippen LogP contribution in [-0.2, 0) is 20.6 Å². The number of hydrogen-bond acceptors (Lipinski definition) is 6. The lowest BCUT2D eigenvalue weighted by Crippen LogP contribution is -2.49. The molecule has 0 N–H and O–H groups in total. The maximum absolute atomic E-state index is 6.22. The van der Waals surface area contributed by atoms with Crippen molar-refractivity contribution < 1.29 is 14.0 Å². The third-order valence-corrected chi connectivity index (χ3v) is 5.70. The van der Waals surface area contributed by atoms with Crippen molar-refractivity contribution >= 4 is 18.4 Å². The minimum Gasteiger partial charge on any atom is -0.399 e. The molecule has 6 nitrogen and oxygen atoms in total. The SMILES string of the molecule is CN(C)Cc1cc(B2OC(C)(C)C(C)(C)O2)cnc1N1CCOC(C)(C)C1. The fraction of sp³-hybridized carbons (Fsp3) is 0.750. The van der Waals surface area contributed by atoms with Gasteiger partial charge < -0.3 is 23.8 Å². The number of aromatic nitrogens is 1. The van der Waals surface area contributed by atoms with Gasteiger partial charge in [-0.25, -0.2) is 4.98 Å². The van der Waals surface area contributed by atoms with Crippen molar-refractivity contribution in [2.45, 2.75) is 64.9 Å². The van der Waals surface area contributed by atoms with Crippen LogP contribution in [0.5, 0.6) is 0 Å². The van der Waals surface area contributed by atoms with E-state index in [1.807, 2.05) is 6.20 Å². The molecule has 1 aromatic rings. The lowest BCUT2D eigenvalue weighted by Gasteiger charge is -2.39. The Morgan fingerprint density at radius 1 is 1.11 bits per heavy atom. The van der Waals surface area contributed by atoms with Gasteiger partial charge in [0.05, 0.1) is 23.4 Å². The van der Waals surface area contributed by atoms with Crippen molar-refractivity contribution in [3.8, 4) is 0 Å². The minimum atomic E-state index is -0.390. The highest BCUT2D eigenvalue weighted by Gasteiger charge is 2.52. The van der Waals surface area contributed by atoms with Gasteiger partial charge in [0.1, 0.15) is 5.82 Å². The summed E-state index contributed by atoms with van der Waals surface area (Å²) in [5.41, 5.74) is 1.28. The van der Waals surface area contributed by atoms with Crippen LogP contribution in [0, 0.1) is 0 Å². The summed E-state index contributed by atoms with van der Waals surface area (Å²) in [6.07, 6.45) is 1.90. The molecule has 7 heteroatoms. The molecule has 1 aromatic heterocycles. The minimum absolute atomic E-state index is 0.167. The standard InChI is InChI=1S/C20H34BN3O3/c1-18(2)14-24(9-10-25-18)17-15(13-23(7)8)11-16(12-22-17)21-26-19(3,4)20(5,6)27-21/h11-12H,9-10,13-14H2,1-8H3. The number of pyridine rings is 1. The number of anilines is 1. The highest BCUT2D eigenvalue weighted by Crippen LogP contribution is 2.36. The van der Waals surface area contributed by atoms with Crippen molar-refractivity contribution in [1.29, 1.82) is 0 Å². The quantitative estimate of drug-likeness (QED) is 0.751. The third kappa shape index (κ3) is 4.31. The van der Waals surface area contributed by atoms with Gasteiger partial charge >= 0.3 is 7.12 Å². The van der Waals surface area contributed by atoms with E-state index in [0.29, 0.717) is 0 Å². The van der Waals surface area contributed by atoms with Gasteiger partial charge in [-0.15, -0.1) is 0 Å². The summed E-state index contributed by atoms with van der Waals surface area (Å²) in [6.45, 7) is 15.8. The van der Waals surface area contributed by atoms with E-state index in [9.17, 15) is 0 Å². The van der Waals surface area contributed by atoms with Crippen LogP contribution in [0.1, 0.15) is 47.1 Å². The number of rotatable bonds is 4. The van der Waals surface area contributed by atoms with E-state index in [1.54, 1.807) is 0 Å². The average Bonchev–Trinajstić information content (AvgIpc) is 2.74. The van der Waals surface area contributed by atoms with Crippen molar-refractivity contribution in [3.63, 3.8) is 0 Å². The van der Waals surface area contributed by atoms with Gasteiger partial charge in [-0.1, -0.05) is 6.07 Å². The molecule has 0 aromatic carbocycles. The van der Waals surface area contributed by atoms with Crippen LogP contribution in [0.2, 0.25) is 0 Å². The molecule has 0 atom stereocenters. The molecule has 0 amide bonds. The molecule has 3 heterocycles. The first-order valence-corrected chi connectivity index (χ1v) is 9.78. The van der Waals surface area contributed by atoms with Crippen LogP contribution >= 0.6 is 0 Å². The summed E-state index contributed by atoms with van der Waals surface area (Å²) in [5, 5.41) is 0. The summed E-state index contributed by atoms with van der Waals surface area (Å²) in [4.78, 5) is 9.34. The number of morpholine rings is 1. The topological polar surface area (TPSA) is 47.1 Å². The molecule has 150 valence electrons. The van der Waals surface area contributed by atoms with Crippen LogP contribution in [-0.4, -0.2) is 67.6 Å². The van der Waals surface area contributed by atoms with Gasteiger partial charge in [-0.3, -0.25) is 0 Å². The van der Waals surface area contributed by atoms with Crippen LogP contribution < -0.4 is 10.4 Å². The second-order valence-electron chi connectivity index (χ2n) is 9.61. The summed E-state index contributed by atoms with van der Waals surface area (Å²) in [6, 6.07) is 2.19. The Kier molecular flexibility index (Phi) is 5.36. The van der Waals surface area contributed by atoms with E-state index in [4.69, 9.17) is 19.0 Å². The first-order valence-electron chi connectivity index (χ1n) is 9.78. The van der Waals surface area contributed by atoms with Gasteiger partial charge in [0.25, 0.3) is 0 Å². The van der Waals surface area contributed by atoms with Gasteiger partial charge in [0.15, 0.2) is 0 Å². The zero-order valence-corrected chi connectivity index (χ0v) is 18.1. The van der Waals surface area contributed by atoms with Gasteiger partial charge in [0.2, 0.25) is 0 Å². The maximum Gasteiger partial charge on any atom is 0.496 e. The van der Waals surface area contributed by atoms with Crippen LogP contribution in [0.15, 0.2) is 12.3 Å². The van der Waals surface area contributed by atoms with E-state index >= 15 is 0 Å². The molecule has 27 heavy (non-hydrogen) atoms. The molecule has 2 saturated heterocycles. The number of ether oxygens (including phenoxy) is 1. The molecule has 0 bridgehead atoms. The lowest BCUT2D eigenvalue weighted by atomic mass is 9.79.